The molecule has 5 aliphatic rings. The van der Waals surface area contributed by atoms with Crippen molar-refractivity contribution in [2.24, 2.45) is 11.8 Å². The standard InChI is InChI=1S/C16H22O4.C2H4O/c1-3-14(18)20-16-7-12-4-13(8-16)6-15(5-12,10-16)19-11(2)9-17;1-2-3-1/h3,9,11-13H,1,4-8,10H2,2H3;1-2H2. The summed E-state index contributed by atoms with van der Waals surface area (Å²) in [5, 5.41) is 0. The minimum atomic E-state index is -0.391. The van der Waals surface area contributed by atoms with Crippen LogP contribution in [0.3, 0.4) is 0 Å². The van der Waals surface area contributed by atoms with E-state index >= 15 is 0 Å². The van der Waals surface area contributed by atoms with Gasteiger partial charge >= 0.3 is 5.97 Å². The summed E-state index contributed by atoms with van der Waals surface area (Å²) in [5.74, 6) is 0.756. The third-order valence-corrected chi connectivity index (χ3v) is 5.27. The fraction of sp³-hybridized carbons (Fsp3) is 0.778. The van der Waals surface area contributed by atoms with Crippen molar-refractivity contribution in [1.82, 2.24) is 0 Å². The predicted molar refractivity (Wildman–Crippen MR) is 83.9 cm³/mol. The van der Waals surface area contributed by atoms with E-state index in [1.54, 1.807) is 6.92 Å². The van der Waals surface area contributed by atoms with Gasteiger partial charge in [-0.2, -0.15) is 0 Å². The molecule has 1 heterocycles. The van der Waals surface area contributed by atoms with Gasteiger partial charge in [-0.15, -0.1) is 0 Å². The molecule has 4 aliphatic carbocycles. The largest absolute Gasteiger partial charge is 0.456 e. The molecule has 1 aliphatic heterocycles. The number of aldehydes is 1. The van der Waals surface area contributed by atoms with Crippen LogP contribution < -0.4 is 0 Å². The zero-order valence-corrected chi connectivity index (χ0v) is 13.8. The van der Waals surface area contributed by atoms with Crippen LogP contribution in [0.15, 0.2) is 12.7 Å². The molecule has 0 aromatic carbocycles. The maximum Gasteiger partial charge on any atom is 0.330 e. The zero-order valence-electron chi connectivity index (χ0n) is 13.8. The van der Waals surface area contributed by atoms with Gasteiger partial charge < -0.3 is 19.0 Å². The smallest absolute Gasteiger partial charge is 0.330 e. The first-order valence-electron chi connectivity index (χ1n) is 8.54. The van der Waals surface area contributed by atoms with Gasteiger partial charge in [0.05, 0.1) is 18.8 Å². The molecule has 0 radical (unpaired) electrons. The predicted octanol–water partition coefficient (Wildman–Crippen LogP) is 2.43. The van der Waals surface area contributed by atoms with Gasteiger partial charge in [0.15, 0.2) is 0 Å². The molecular weight excluding hydrogens is 296 g/mol. The molecule has 5 fully saturated rings. The Kier molecular flexibility index (Phi) is 4.61. The zero-order chi connectivity index (χ0) is 16.5. The van der Waals surface area contributed by atoms with Crippen LogP contribution in [0, 0.1) is 11.8 Å². The van der Waals surface area contributed by atoms with E-state index in [2.05, 4.69) is 11.3 Å². The lowest BCUT2D eigenvalue weighted by molar-refractivity contribution is -0.238. The minimum Gasteiger partial charge on any atom is -0.456 e. The van der Waals surface area contributed by atoms with Gasteiger partial charge in [-0.3, -0.25) is 0 Å². The molecule has 5 nitrogen and oxygen atoms in total. The molecule has 5 heteroatoms. The molecule has 23 heavy (non-hydrogen) atoms. The van der Waals surface area contributed by atoms with E-state index in [1.807, 2.05) is 0 Å². The van der Waals surface area contributed by atoms with E-state index in [9.17, 15) is 9.59 Å². The number of epoxide rings is 1. The highest BCUT2D eigenvalue weighted by Crippen LogP contribution is 2.60. The van der Waals surface area contributed by atoms with Crippen LogP contribution in [-0.4, -0.2) is 42.8 Å². The minimum absolute atomic E-state index is 0.272. The van der Waals surface area contributed by atoms with Gasteiger partial charge in [-0.1, -0.05) is 6.58 Å². The first-order chi connectivity index (χ1) is 11.0. The summed E-state index contributed by atoms with van der Waals surface area (Å²) in [6.07, 6.45) is 7.48. The summed E-state index contributed by atoms with van der Waals surface area (Å²) >= 11 is 0. The highest BCUT2D eigenvalue weighted by atomic mass is 16.6. The van der Waals surface area contributed by atoms with Crippen LogP contribution in [0.2, 0.25) is 0 Å². The molecule has 0 aromatic rings. The van der Waals surface area contributed by atoms with Crippen molar-refractivity contribution in [1.29, 1.82) is 0 Å². The van der Waals surface area contributed by atoms with Crippen molar-refractivity contribution in [3.63, 3.8) is 0 Å². The fourth-order valence-electron chi connectivity index (χ4n) is 5.03. The fourth-order valence-corrected chi connectivity index (χ4v) is 5.03. The number of hydrogen-bond acceptors (Lipinski definition) is 5. The van der Waals surface area contributed by atoms with E-state index in [1.165, 1.54) is 12.5 Å². The lowest BCUT2D eigenvalue weighted by Crippen LogP contribution is -2.62. The monoisotopic (exact) mass is 322 g/mol. The normalized spacial score (nSPS) is 40.6. The second kappa shape index (κ2) is 6.36. The Balaban J connectivity index is 0.000000468. The quantitative estimate of drug-likeness (QED) is 0.337. The first-order valence-corrected chi connectivity index (χ1v) is 8.54. The van der Waals surface area contributed by atoms with Crippen molar-refractivity contribution in [2.75, 3.05) is 13.2 Å². The van der Waals surface area contributed by atoms with Crippen LogP contribution in [-0.2, 0) is 23.8 Å². The van der Waals surface area contributed by atoms with Gasteiger partial charge in [0, 0.05) is 12.5 Å². The summed E-state index contributed by atoms with van der Waals surface area (Å²) in [7, 11) is 0. The second-order valence-corrected chi connectivity index (χ2v) is 7.52. The van der Waals surface area contributed by atoms with Crippen LogP contribution >= 0.6 is 0 Å². The van der Waals surface area contributed by atoms with E-state index in [0.29, 0.717) is 11.8 Å². The highest BCUT2D eigenvalue weighted by Gasteiger charge is 2.60. The molecule has 128 valence electrons. The van der Waals surface area contributed by atoms with Crippen LogP contribution in [0.5, 0.6) is 0 Å². The molecule has 3 unspecified atom stereocenters. The molecule has 4 saturated carbocycles. The van der Waals surface area contributed by atoms with E-state index in [-0.39, 0.29) is 11.6 Å². The molecule has 1 saturated heterocycles. The first kappa shape index (κ1) is 16.7. The SMILES string of the molecule is C1CO1.C=CC(=O)OC12CC3CC(C1)CC(OC(C)C=O)(C3)C2. The summed E-state index contributed by atoms with van der Waals surface area (Å²) in [4.78, 5) is 22.6. The topological polar surface area (TPSA) is 65.1 Å². The summed E-state index contributed by atoms with van der Waals surface area (Å²) in [6.45, 7) is 7.27. The van der Waals surface area contributed by atoms with Crippen LogP contribution in [0.25, 0.3) is 0 Å². The van der Waals surface area contributed by atoms with Crippen LogP contribution in [0.1, 0.15) is 45.4 Å². The number of carbonyl (C=O) groups is 2. The van der Waals surface area contributed by atoms with Crippen molar-refractivity contribution >= 4 is 12.3 Å². The Morgan fingerprint density at radius 3 is 2.26 bits per heavy atom. The molecular formula is C18H26O5. The van der Waals surface area contributed by atoms with Crippen molar-refractivity contribution in [2.45, 2.75) is 62.8 Å². The summed E-state index contributed by atoms with van der Waals surface area (Å²) in [6, 6.07) is 0. The summed E-state index contributed by atoms with van der Waals surface area (Å²) < 4.78 is 16.3. The molecule has 0 amide bonds. The Labute approximate surface area is 137 Å². The van der Waals surface area contributed by atoms with Crippen molar-refractivity contribution in [3.05, 3.63) is 12.7 Å². The Morgan fingerprint density at radius 1 is 1.22 bits per heavy atom. The lowest BCUT2D eigenvalue weighted by Gasteiger charge is -2.60. The second-order valence-electron chi connectivity index (χ2n) is 7.52. The van der Waals surface area contributed by atoms with Crippen molar-refractivity contribution in [3.8, 4) is 0 Å². The molecule has 5 rings (SSSR count). The van der Waals surface area contributed by atoms with E-state index < -0.39 is 11.7 Å². The Hall–Kier alpha value is -1.20. The molecule has 4 bridgehead atoms. The molecule has 0 N–H and O–H groups in total. The van der Waals surface area contributed by atoms with Gasteiger partial charge in [-0.25, -0.2) is 4.79 Å². The van der Waals surface area contributed by atoms with Crippen molar-refractivity contribution < 1.29 is 23.8 Å². The number of esters is 1. The number of hydrogen-bond donors (Lipinski definition) is 0. The Morgan fingerprint density at radius 2 is 1.78 bits per heavy atom. The molecule has 3 atom stereocenters. The number of carbonyl (C=O) groups excluding carboxylic acids is 2. The van der Waals surface area contributed by atoms with E-state index in [4.69, 9.17) is 9.47 Å². The van der Waals surface area contributed by atoms with Gasteiger partial charge in [0.25, 0.3) is 0 Å². The highest BCUT2D eigenvalue weighted by molar-refractivity contribution is 5.81. The third kappa shape index (κ3) is 3.83. The maximum absolute atomic E-state index is 11.6. The van der Waals surface area contributed by atoms with Gasteiger partial charge in [-0.05, 0) is 50.9 Å². The average molecular weight is 322 g/mol. The summed E-state index contributed by atoms with van der Waals surface area (Å²) in [5.41, 5.74) is -0.663. The van der Waals surface area contributed by atoms with Crippen LogP contribution in [0.4, 0.5) is 0 Å². The van der Waals surface area contributed by atoms with Gasteiger partial charge in [0.2, 0.25) is 0 Å². The van der Waals surface area contributed by atoms with E-state index in [0.717, 1.165) is 51.6 Å². The lowest BCUT2D eigenvalue weighted by atomic mass is 9.52. The molecule has 0 spiro atoms. The average Bonchev–Trinajstić information content (AvgIpc) is 3.32. The van der Waals surface area contributed by atoms with Gasteiger partial charge in [0.1, 0.15) is 18.0 Å². The molecule has 0 aromatic heterocycles. The number of rotatable bonds is 5. The third-order valence-electron chi connectivity index (χ3n) is 5.27. The number of ether oxygens (including phenoxy) is 3. The maximum atomic E-state index is 11.6. The Bertz CT molecular complexity index is 467.